The van der Waals surface area contributed by atoms with Crippen molar-refractivity contribution in [3.05, 3.63) is 50.9 Å². The fourth-order valence-electron chi connectivity index (χ4n) is 1.29. The van der Waals surface area contributed by atoms with Crippen LogP contribution in [0.15, 0.2) is 29.8 Å². The zero-order chi connectivity index (χ0) is 10.8. The maximum atomic E-state index is 10.0. The number of halogens is 1. The minimum atomic E-state index is -0.675. The fraction of sp³-hybridized carbons (Fsp3) is 0.182. The van der Waals surface area contributed by atoms with Crippen LogP contribution in [0.25, 0.3) is 0 Å². The lowest BCUT2D eigenvalue weighted by atomic mass is 10.1. The lowest BCUT2D eigenvalue weighted by Crippen LogP contribution is -1.98. The molecule has 1 N–H and O–H groups in total. The molecule has 2 nitrogen and oxygen atoms in total. The Hall–Kier alpha value is -0.900. The van der Waals surface area contributed by atoms with Crippen LogP contribution in [-0.2, 0) is 0 Å². The summed E-state index contributed by atoms with van der Waals surface area (Å²) in [5, 5.41) is 12.5. The standard InChI is InChI=1S/C11H10ClNOS/c1-7-2-3-8(6-13-7)10(14)11-9(12)4-5-15-11/h2-6,10,14H,1H3. The Morgan fingerprint density at radius 1 is 1.40 bits per heavy atom. The highest BCUT2D eigenvalue weighted by atomic mass is 35.5. The highest BCUT2D eigenvalue weighted by molar-refractivity contribution is 7.10. The van der Waals surface area contributed by atoms with Crippen molar-refractivity contribution in [1.29, 1.82) is 0 Å². The third kappa shape index (κ3) is 2.20. The smallest absolute Gasteiger partial charge is 0.116 e. The van der Waals surface area contributed by atoms with Crippen molar-refractivity contribution in [3.63, 3.8) is 0 Å². The molecular weight excluding hydrogens is 230 g/mol. The van der Waals surface area contributed by atoms with E-state index >= 15 is 0 Å². The molecule has 2 aromatic heterocycles. The third-order valence-corrected chi connectivity index (χ3v) is 3.55. The quantitative estimate of drug-likeness (QED) is 0.873. The van der Waals surface area contributed by atoms with Crippen molar-refractivity contribution in [1.82, 2.24) is 4.98 Å². The molecule has 1 unspecified atom stereocenters. The first-order chi connectivity index (χ1) is 7.18. The Balaban J connectivity index is 2.32. The summed E-state index contributed by atoms with van der Waals surface area (Å²) in [6.45, 7) is 1.91. The maximum absolute atomic E-state index is 10.0. The van der Waals surface area contributed by atoms with Gasteiger partial charge in [0, 0.05) is 17.5 Å². The number of aliphatic hydroxyl groups is 1. The van der Waals surface area contributed by atoms with Gasteiger partial charge in [0.05, 0.1) is 9.90 Å². The molecule has 1 atom stereocenters. The van der Waals surface area contributed by atoms with Gasteiger partial charge in [0.25, 0.3) is 0 Å². The molecule has 0 aliphatic carbocycles. The van der Waals surface area contributed by atoms with Gasteiger partial charge >= 0.3 is 0 Å². The molecule has 78 valence electrons. The van der Waals surface area contributed by atoms with E-state index in [0.717, 1.165) is 16.1 Å². The maximum Gasteiger partial charge on any atom is 0.116 e. The van der Waals surface area contributed by atoms with E-state index < -0.39 is 6.10 Å². The summed E-state index contributed by atoms with van der Waals surface area (Å²) < 4.78 is 0. The van der Waals surface area contributed by atoms with Gasteiger partial charge in [-0.1, -0.05) is 17.7 Å². The summed E-state index contributed by atoms with van der Waals surface area (Å²) in [7, 11) is 0. The number of hydrogen-bond acceptors (Lipinski definition) is 3. The van der Waals surface area contributed by atoms with Gasteiger partial charge in [-0.05, 0) is 24.4 Å². The summed E-state index contributed by atoms with van der Waals surface area (Å²) in [6, 6.07) is 5.52. The molecule has 4 heteroatoms. The van der Waals surface area contributed by atoms with Crippen molar-refractivity contribution >= 4 is 22.9 Å². The van der Waals surface area contributed by atoms with E-state index in [9.17, 15) is 5.11 Å². The van der Waals surface area contributed by atoms with Gasteiger partial charge in [-0.2, -0.15) is 0 Å². The number of aliphatic hydroxyl groups excluding tert-OH is 1. The Kier molecular flexibility index (Phi) is 3.05. The van der Waals surface area contributed by atoms with Crippen LogP contribution in [0.3, 0.4) is 0 Å². The van der Waals surface area contributed by atoms with Crippen molar-refractivity contribution in [2.75, 3.05) is 0 Å². The zero-order valence-electron chi connectivity index (χ0n) is 8.14. The lowest BCUT2D eigenvalue weighted by molar-refractivity contribution is 0.224. The molecule has 2 aromatic rings. The van der Waals surface area contributed by atoms with E-state index in [0.29, 0.717) is 5.02 Å². The number of pyridine rings is 1. The van der Waals surface area contributed by atoms with Crippen molar-refractivity contribution in [3.8, 4) is 0 Å². The van der Waals surface area contributed by atoms with Gasteiger partial charge in [-0.15, -0.1) is 11.3 Å². The van der Waals surface area contributed by atoms with Gasteiger partial charge in [-0.3, -0.25) is 4.98 Å². The first-order valence-corrected chi connectivity index (χ1v) is 5.78. The molecule has 0 amide bonds. The Bertz CT molecular complexity index is 452. The molecule has 0 aliphatic heterocycles. The second-order valence-electron chi connectivity index (χ2n) is 3.27. The summed E-state index contributed by atoms with van der Waals surface area (Å²) in [5.41, 5.74) is 1.70. The van der Waals surface area contributed by atoms with Crippen molar-refractivity contribution in [2.45, 2.75) is 13.0 Å². The van der Waals surface area contributed by atoms with Crippen LogP contribution in [0.2, 0.25) is 5.02 Å². The zero-order valence-corrected chi connectivity index (χ0v) is 9.72. The summed E-state index contributed by atoms with van der Waals surface area (Å²) in [4.78, 5) is 4.91. The van der Waals surface area contributed by atoms with Gasteiger partial charge in [0.1, 0.15) is 6.10 Å². The predicted octanol–water partition coefficient (Wildman–Crippen LogP) is 3.19. The van der Waals surface area contributed by atoms with Crippen molar-refractivity contribution < 1.29 is 5.11 Å². The van der Waals surface area contributed by atoms with E-state index in [1.807, 2.05) is 24.4 Å². The van der Waals surface area contributed by atoms with E-state index in [2.05, 4.69) is 4.98 Å². The summed E-state index contributed by atoms with van der Waals surface area (Å²) >= 11 is 7.39. The fourth-order valence-corrected chi connectivity index (χ4v) is 2.46. The summed E-state index contributed by atoms with van der Waals surface area (Å²) in [5.74, 6) is 0. The molecular formula is C11H10ClNOS. The van der Waals surface area contributed by atoms with Gasteiger partial charge in [0.2, 0.25) is 0 Å². The molecule has 2 heterocycles. The van der Waals surface area contributed by atoms with Crippen LogP contribution in [-0.4, -0.2) is 10.1 Å². The van der Waals surface area contributed by atoms with Crippen molar-refractivity contribution in [2.24, 2.45) is 0 Å². The lowest BCUT2D eigenvalue weighted by Gasteiger charge is -2.09. The Labute approximate surface area is 97.2 Å². The average molecular weight is 240 g/mol. The number of aryl methyl sites for hydroxylation is 1. The first kappa shape index (κ1) is 10.6. The predicted molar refractivity (Wildman–Crippen MR) is 62.4 cm³/mol. The number of rotatable bonds is 2. The van der Waals surface area contributed by atoms with Gasteiger partial charge in [0.15, 0.2) is 0 Å². The van der Waals surface area contributed by atoms with Gasteiger partial charge < -0.3 is 5.11 Å². The molecule has 0 bridgehead atoms. The van der Waals surface area contributed by atoms with Crippen LogP contribution >= 0.6 is 22.9 Å². The van der Waals surface area contributed by atoms with Crippen LogP contribution in [0.1, 0.15) is 22.2 Å². The highest BCUT2D eigenvalue weighted by Crippen LogP contribution is 2.32. The van der Waals surface area contributed by atoms with E-state index in [-0.39, 0.29) is 0 Å². The molecule has 2 rings (SSSR count). The van der Waals surface area contributed by atoms with Crippen LogP contribution < -0.4 is 0 Å². The first-order valence-electron chi connectivity index (χ1n) is 4.52. The third-order valence-electron chi connectivity index (χ3n) is 2.14. The van der Waals surface area contributed by atoms with Crippen LogP contribution in [0.4, 0.5) is 0 Å². The number of thiophene rings is 1. The molecule has 0 fully saturated rings. The minimum Gasteiger partial charge on any atom is -0.383 e. The Morgan fingerprint density at radius 2 is 2.20 bits per heavy atom. The van der Waals surface area contributed by atoms with E-state index in [1.54, 1.807) is 12.3 Å². The topological polar surface area (TPSA) is 33.1 Å². The monoisotopic (exact) mass is 239 g/mol. The number of hydrogen-bond donors (Lipinski definition) is 1. The van der Waals surface area contributed by atoms with E-state index in [4.69, 9.17) is 11.6 Å². The normalized spacial score (nSPS) is 12.7. The number of nitrogens with zero attached hydrogens (tertiary/aromatic N) is 1. The summed E-state index contributed by atoms with van der Waals surface area (Å²) in [6.07, 6.45) is 1.00. The molecule has 0 saturated heterocycles. The molecule has 0 aromatic carbocycles. The molecule has 0 saturated carbocycles. The largest absolute Gasteiger partial charge is 0.383 e. The van der Waals surface area contributed by atoms with E-state index in [1.165, 1.54) is 11.3 Å². The molecule has 0 spiro atoms. The molecule has 15 heavy (non-hydrogen) atoms. The molecule has 0 aliphatic rings. The second kappa shape index (κ2) is 4.31. The Morgan fingerprint density at radius 3 is 2.73 bits per heavy atom. The minimum absolute atomic E-state index is 0.605. The molecule has 0 radical (unpaired) electrons. The van der Waals surface area contributed by atoms with Gasteiger partial charge in [-0.25, -0.2) is 0 Å². The SMILES string of the molecule is Cc1ccc(C(O)c2sccc2Cl)cn1. The average Bonchev–Trinajstić information content (AvgIpc) is 2.65. The van der Waals surface area contributed by atoms with Crippen LogP contribution in [0.5, 0.6) is 0 Å². The number of aromatic nitrogens is 1. The second-order valence-corrected chi connectivity index (χ2v) is 4.62. The van der Waals surface area contributed by atoms with Crippen LogP contribution in [0, 0.1) is 6.92 Å². The highest BCUT2D eigenvalue weighted by Gasteiger charge is 2.15.